The summed E-state index contributed by atoms with van der Waals surface area (Å²) >= 11 is 0. The van der Waals surface area contributed by atoms with E-state index in [1.807, 2.05) is 24.4 Å². The molecule has 2 saturated carbocycles. The van der Waals surface area contributed by atoms with Gasteiger partial charge in [-0.25, -0.2) is 13.4 Å². The number of carbonyl (C=O) groups excluding carboxylic acids is 1. The fraction of sp³-hybridized carbons (Fsp3) is 0.476. The van der Waals surface area contributed by atoms with Crippen molar-refractivity contribution in [2.45, 2.75) is 32.1 Å². The summed E-state index contributed by atoms with van der Waals surface area (Å²) in [5, 5.41) is 13.1. The van der Waals surface area contributed by atoms with Crippen molar-refractivity contribution in [3.63, 3.8) is 0 Å². The van der Waals surface area contributed by atoms with Crippen LogP contribution in [-0.4, -0.2) is 47.4 Å². The summed E-state index contributed by atoms with van der Waals surface area (Å²) in [5.41, 5.74) is 2.01. The molecule has 5 rings (SSSR count). The summed E-state index contributed by atoms with van der Waals surface area (Å²) in [6.07, 6.45) is 7.48. The summed E-state index contributed by atoms with van der Waals surface area (Å²) in [5.74, 6) is 0.512. The summed E-state index contributed by atoms with van der Waals surface area (Å²) in [7, 11) is -3.46. The molecule has 8 nitrogen and oxygen atoms in total. The van der Waals surface area contributed by atoms with Crippen LogP contribution in [0.3, 0.4) is 0 Å². The zero-order valence-corrected chi connectivity index (χ0v) is 17.3. The van der Waals surface area contributed by atoms with E-state index in [2.05, 4.69) is 21.4 Å². The molecule has 0 bridgehead atoms. The molecular formula is C21H23N5O3S. The Labute approximate surface area is 175 Å². The van der Waals surface area contributed by atoms with Crippen LogP contribution < -0.4 is 5.32 Å². The second-order valence-corrected chi connectivity index (χ2v) is 10.5. The number of fused-ring (bicyclic) bond motifs is 1. The molecule has 2 aromatic rings. The number of anilines is 1. The standard InChI is InChI=1S/C21H23N5O3S/c22-12-21(6-7-21)13-30(28,29)26-9-4-14(5-10-26)17-11-18(25-20(27)15-1-2-15)24-19-16(17)3-8-23-19/h3-4,8,11,15H,1-2,5-7,9-10,13H2,(H2,23,24,25,27). The number of amides is 1. The predicted octanol–water partition coefficient (Wildman–Crippen LogP) is 2.63. The first-order valence-electron chi connectivity index (χ1n) is 10.3. The number of H-pyrrole nitrogens is 1. The fourth-order valence-corrected chi connectivity index (χ4v) is 5.87. The highest BCUT2D eigenvalue weighted by Gasteiger charge is 2.48. The number of nitriles is 1. The number of hydrogen-bond acceptors (Lipinski definition) is 5. The van der Waals surface area contributed by atoms with E-state index in [0.717, 1.165) is 29.4 Å². The van der Waals surface area contributed by atoms with Crippen molar-refractivity contribution >= 4 is 38.4 Å². The van der Waals surface area contributed by atoms with Gasteiger partial charge in [0.1, 0.15) is 11.5 Å². The van der Waals surface area contributed by atoms with E-state index < -0.39 is 15.4 Å². The van der Waals surface area contributed by atoms with Crippen LogP contribution in [0.2, 0.25) is 0 Å². The van der Waals surface area contributed by atoms with Gasteiger partial charge in [0.05, 0.1) is 17.2 Å². The number of aromatic amines is 1. The van der Waals surface area contributed by atoms with Crippen LogP contribution >= 0.6 is 0 Å². The average molecular weight is 426 g/mol. The zero-order chi connectivity index (χ0) is 20.9. The Morgan fingerprint density at radius 1 is 1.40 bits per heavy atom. The molecule has 0 radical (unpaired) electrons. The Morgan fingerprint density at radius 2 is 2.20 bits per heavy atom. The Morgan fingerprint density at radius 3 is 2.83 bits per heavy atom. The lowest BCUT2D eigenvalue weighted by Crippen LogP contribution is -2.38. The lowest BCUT2D eigenvalue weighted by Gasteiger charge is -2.27. The topological polar surface area (TPSA) is 119 Å². The Kier molecular flexibility index (Phi) is 4.45. The quantitative estimate of drug-likeness (QED) is 0.737. The predicted molar refractivity (Wildman–Crippen MR) is 113 cm³/mol. The fourth-order valence-electron chi connectivity index (χ4n) is 3.97. The highest BCUT2D eigenvalue weighted by atomic mass is 32.2. The van der Waals surface area contributed by atoms with Crippen molar-refractivity contribution in [1.82, 2.24) is 14.3 Å². The molecule has 1 aliphatic heterocycles. The number of carbonyl (C=O) groups is 1. The zero-order valence-electron chi connectivity index (χ0n) is 16.5. The van der Waals surface area contributed by atoms with E-state index in [1.54, 1.807) is 0 Å². The van der Waals surface area contributed by atoms with Crippen molar-refractivity contribution in [1.29, 1.82) is 5.26 Å². The van der Waals surface area contributed by atoms with E-state index >= 15 is 0 Å². The molecule has 2 fully saturated rings. The Hall–Kier alpha value is -2.70. The van der Waals surface area contributed by atoms with E-state index in [1.165, 1.54) is 4.31 Å². The van der Waals surface area contributed by atoms with E-state index in [9.17, 15) is 18.5 Å². The largest absolute Gasteiger partial charge is 0.346 e. The van der Waals surface area contributed by atoms with E-state index in [4.69, 9.17) is 0 Å². The van der Waals surface area contributed by atoms with Crippen molar-refractivity contribution in [3.8, 4) is 6.07 Å². The third-order valence-electron chi connectivity index (χ3n) is 6.19. The molecule has 3 aliphatic rings. The molecule has 30 heavy (non-hydrogen) atoms. The summed E-state index contributed by atoms with van der Waals surface area (Å²) < 4.78 is 27.0. The van der Waals surface area contributed by atoms with Gasteiger partial charge in [-0.3, -0.25) is 4.79 Å². The summed E-state index contributed by atoms with van der Waals surface area (Å²) in [6, 6.07) is 5.99. The van der Waals surface area contributed by atoms with Gasteiger partial charge in [0.25, 0.3) is 0 Å². The molecule has 9 heteroatoms. The molecule has 0 saturated heterocycles. The van der Waals surface area contributed by atoms with Gasteiger partial charge in [0.15, 0.2) is 0 Å². The average Bonchev–Trinajstić information content (AvgIpc) is 3.66. The van der Waals surface area contributed by atoms with Gasteiger partial charge in [0, 0.05) is 30.6 Å². The first-order valence-corrected chi connectivity index (χ1v) is 11.9. The van der Waals surface area contributed by atoms with Crippen molar-refractivity contribution in [2.75, 3.05) is 24.2 Å². The van der Waals surface area contributed by atoms with Crippen LogP contribution in [0.5, 0.6) is 0 Å². The lowest BCUT2D eigenvalue weighted by molar-refractivity contribution is -0.117. The maximum absolute atomic E-state index is 12.7. The summed E-state index contributed by atoms with van der Waals surface area (Å²) in [6.45, 7) is 0.671. The first-order chi connectivity index (χ1) is 14.4. The highest BCUT2D eigenvalue weighted by molar-refractivity contribution is 7.89. The third kappa shape index (κ3) is 3.61. The van der Waals surface area contributed by atoms with Crippen molar-refractivity contribution < 1.29 is 13.2 Å². The molecule has 156 valence electrons. The van der Waals surface area contributed by atoms with Crippen LogP contribution in [0.4, 0.5) is 5.82 Å². The van der Waals surface area contributed by atoms with Crippen LogP contribution in [0, 0.1) is 22.7 Å². The van der Waals surface area contributed by atoms with Crippen LogP contribution in [0.25, 0.3) is 16.6 Å². The molecule has 3 heterocycles. The summed E-state index contributed by atoms with van der Waals surface area (Å²) in [4.78, 5) is 19.8. The molecule has 0 aromatic carbocycles. The van der Waals surface area contributed by atoms with Crippen LogP contribution in [0.1, 0.15) is 37.7 Å². The molecule has 1 amide bonds. The highest BCUT2D eigenvalue weighted by Crippen LogP contribution is 2.46. The molecular weight excluding hydrogens is 402 g/mol. The minimum absolute atomic E-state index is 0.000691. The van der Waals surface area contributed by atoms with Crippen molar-refractivity contribution in [2.24, 2.45) is 11.3 Å². The normalized spacial score (nSPS) is 21.1. The minimum Gasteiger partial charge on any atom is -0.346 e. The maximum atomic E-state index is 12.7. The maximum Gasteiger partial charge on any atom is 0.228 e. The van der Waals surface area contributed by atoms with Gasteiger partial charge in [-0.15, -0.1) is 0 Å². The second kappa shape index (κ2) is 6.93. The molecule has 0 unspecified atom stereocenters. The monoisotopic (exact) mass is 425 g/mol. The van der Waals surface area contributed by atoms with Gasteiger partial charge < -0.3 is 10.3 Å². The third-order valence-corrected chi connectivity index (χ3v) is 8.22. The Bertz CT molecular complexity index is 1200. The van der Waals surface area contributed by atoms with Gasteiger partial charge in [0.2, 0.25) is 15.9 Å². The number of sulfonamides is 1. The van der Waals surface area contributed by atoms with Crippen LogP contribution in [0.15, 0.2) is 24.4 Å². The second-order valence-electron chi connectivity index (χ2n) is 8.54. The number of pyridine rings is 1. The number of rotatable bonds is 6. The molecule has 0 spiro atoms. The molecule has 2 aliphatic carbocycles. The van der Waals surface area contributed by atoms with E-state index in [-0.39, 0.29) is 24.1 Å². The van der Waals surface area contributed by atoms with Crippen molar-refractivity contribution in [3.05, 3.63) is 30.0 Å². The van der Waals surface area contributed by atoms with Gasteiger partial charge in [-0.1, -0.05) is 6.08 Å². The first kappa shape index (κ1) is 19.3. The molecule has 0 atom stereocenters. The van der Waals surface area contributed by atoms with Gasteiger partial charge >= 0.3 is 0 Å². The van der Waals surface area contributed by atoms with E-state index in [0.29, 0.717) is 37.3 Å². The van der Waals surface area contributed by atoms with Gasteiger partial charge in [-0.2, -0.15) is 9.57 Å². The Balaban J connectivity index is 1.38. The van der Waals surface area contributed by atoms with Gasteiger partial charge in [-0.05, 0) is 55.4 Å². The SMILES string of the molecule is N#CC1(CS(=O)(=O)N2CC=C(c3cc(NC(=O)C4CC4)nc4[nH]ccc34)CC2)CC1. The molecule has 2 aromatic heterocycles. The molecule has 2 N–H and O–H groups in total. The minimum atomic E-state index is -3.46. The smallest absolute Gasteiger partial charge is 0.228 e. The number of nitrogens with one attached hydrogen (secondary N) is 2. The lowest BCUT2D eigenvalue weighted by atomic mass is 9.98. The number of nitrogens with zero attached hydrogens (tertiary/aromatic N) is 3. The number of aromatic nitrogens is 2. The van der Waals surface area contributed by atoms with Crippen LogP contribution in [-0.2, 0) is 14.8 Å². The number of hydrogen-bond donors (Lipinski definition) is 2.